The van der Waals surface area contributed by atoms with Crippen LogP contribution in [0.15, 0.2) is 60.7 Å². The van der Waals surface area contributed by atoms with Crippen molar-refractivity contribution >= 4 is 46.0 Å². The summed E-state index contributed by atoms with van der Waals surface area (Å²) in [6.45, 7) is 6.49. The molecule has 20 atom stereocenters. The number of thiocarbonyl (C=S) groups is 2. The molecule has 8 bridgehead atoms. The number of para-hydroxylation sites is 2. The standard InChI is InChI=1S/C66H92N4O24S2/c1-5-15-85-55-31-11-9-12-32(55)20-36-24-40(68-66(96)70-62-52(82)50(80)60(44(30-74)90-62)94-64-54(84)48(78)46(76)42(28-72)92-64)26-38(58(36)88-18-8-4)22-34-14-10-13-33(56(34)86-16-6-2)21-37-25-39(23-35(19-31)57(37)87-17-7-3)67-65(95)69-61-51(81)49(79)59(43(29-73)89-61)93-63-53(83)47(77)45(75)41(27-71)91-63/h9-14,23-26,41-54,59-64,71-84H,5-8,15-22,27-30H2,1-4H3,(H2,67,69,95)(H2,68,70,96)/t41-,42-,43-,44-,45+,46+,47+,48+,49-,50-,51-,52-,53-,54-,59-,60-,61-,62-,63+,64+/m1/s1. The Hall–Kier alpha value is -5.34. The third kappa shape index (κ3) is 17.3. The summed E-state index contributed by atoms with van der Waals surface area (Å²) < 4.78 is 61.6. The number of aliphatic hydroxyl groups excluding tert-OH is 14. The lowest BCUT2D eigenvalue weighted by molar-refractivity contribution is -0.342. The van der Waals surface area contributed by atoms with E-state index in [1.807, 2.05) is 88.4 Å². The molecule has 96 heavy (non-hydrogen) atoms. The first kappa shape index (κ1) is 74.9. The zero-order valence-electron chi connectivity index (χ0n) is 53.8. The van der Waals surface area contributed by atoms with Gasteiger partial charge in [-0.05, 0) is 96.6 Å². The second kappa shape index (κ2) is 34.6. The van der Waals surface area contributed by atoms with Gasteiger partial charge in [0.15, 0.2) is 35.3 Å². The molecule has 1 aliphatic carbocycles. The Morgan fingerprint density at radius 3 is 0.958 bits per heavy atom. The molecule has 4 aromatic carbocycles. The first-order valence-corrected chi connectivity index (χ1v) is 33.4. The molecular weight excluding hydrogens is 1300 g/mol. The van der Waals surface area contributed by atoms with Gasteiger partial charge in [0.05, 0.1) is 52.9 Å². The van der Waals surface area contributed by atoms with Gasteiger partial charge in [0.25, 0.3) is 0 Å². The lowest BCUT2D eigenvalue weighted by Crippen LogP contribution is -2.66. The monoisotopic (exact) mass is 1390 g/mol. The summed E-state index contributed by atoms with van der Waals surface area (Å²) in [5.41, 5.74) is 7.18. The van der Waals surface area contributed by atoms with Crippen LogP contribution in [0.4, 0.5) is 11.4 Å². The highest BCUT2D eigenvalue weighted by atomic mass is 32.1. The number of aliphatic hydroxyl groups is 14. The normalized spacial score (nSPS) is 31.4. The van der Waals surface area contributed by atoms with Crippen LogP contribution in [-0.2, 0) is 54.1 Å². The van der Waals surface area contributed by atoms with Crippen LogP contribution in [0, 0.1) is 0 Å². The molecule has 0 aromatic heterocycles. The highest BCUT2D eigenvalue weighted by Crippen LogP contribution is 2.42. The van der Waals surface area contributed by atoms with Crippen molar-refractivity contribution in [2.24, 2.45) is 0 Å². The Kier molecular flexibility index (Phi) is 27.0. The van der Waals surface area contributed by atoms with Crippen molar-refractivity contribution in [3.63, 3.8) is 0 Å². The number of nitrogens with one attached hydrogen (secondary N) is 4. The van der Waals surface area contributed by atoms with E-state index in [1.54, 1.807) is 0 Å². The van der Waals surface area contributed by atoms with Crippen molar-refractivity contribution in [2.45, 2.75) is 202 Å². The van der Waals surface area contributed by atoms with Crippen molar-refractivity contribution in [2.75, 3.05) is 63.5 Å². The number of benzene rings is 4. The van der Waals surface area contributed by atoms with Crippen LogP contribution in [0.3, 0.4) is 0 Å². The molecule has 4 heterocycles. The largest absolute Gasteiger partial charge is 0.493 e. The third-order valence-electron chi connectivity index (χ3n) is 17.2. The lowest BCUT2D eigenvalue weighted by Gasteiger charge is -2.46. The molecule has 4 saturated heterocycles. The molecule has 0 spiro atoms. The van der Waals surface area contributed by atoms with Crippen LogP contribution in [-0.4, -0.2) is 257 Å². The Labute approximate surface area is 566 Å². The molecule has 0 radical (unpaired) electrons. The van der Waals surface area contributed by atoms with Crippen molar-refractivity contribution in [1.29, 1.82) is 0 Å². The Morgan fingerprint density at radius 1 is 0.385 bits per heavy atom. The van der Waals surface area contributed by atoms with Gasteiger partial charge in [0.2, 0.25) is 0 Å². The van der Waals surface area contributed by atoms with Crippen LogP contribution in [0.1, 0.15) is 97.9 Å². The average molecular weight is 1390 g/mol. The molecule has 0 unspecified atom stereocenters. The first-order valence-electron chi connectivity index (χ1n) is 32.6. The fourth-order valence-corrected chi connectivity index (χ4v) is 12.9. The van der Waals surface area contributed by atoms with Gasteiger partial charge in [0.1, 0.15) is 121 Å². The van der Waals surface area contributed by atoms with Crippen LogP contribution in [0.25, 0.3) is 0 Å². The molecule has 4 fully saturated rings. The fraction of sp³-hybridized carbons (Fsp3) is 0.606. The van der Waals surface area contributed by atoms with E-state index < -0.39 is 149 Å². The molecule has 0 amide bonds. The molecular formula is C66H92N4O24S2. The van der Waals surface area contributed by atoms with Gasteiger partial charge in [-0.15, -0.1) is 0 Å². The van der Waals surface area contributed by atoms with Crippen molar-refractivity contribution < 1.29 is 119 Å². The molecule has 532 valence electrons. The highest BCUT2D eigenvalue weighted by molar-refractivity contribution is 7.80. The highest BCUT2D eigenvalue weighted by Gasteiger charge is 2.53. The molecule has 9 rings (SSSR count). The lowest BCUT2D eigenvalue weighted by atomic mass is 9.90. The van der Waals surface area contributed by atoms with E-state index in [1.165, 1.54) is 0 Å². The Balaban J connectivity index is 1.05. The molecule has 0 saturated carbocycles. The Bertz CT molecular complexity index is 2910. The molecule has 28 nitrogen and oxygen atoms in total. The quantitative estimate of drug-likeness (QED) is 0.0341. The SMILES string of the molecule is CCCOc1c2cccc1Cc1cc(NC(=S)N[C@@H]3O[C@H](CO)[C@@H](O[C@@H]4O[C@H](CO)[C@H](O)[C@H](O)[C@H]4O)[C@H](O)[C@H]3O)cc(c1OCCC)Cc1cccc(c1OCCC)Cc1cc(NC(=S)N[C@@H]3O[C@H](CO)[C@@H](O[C@@H]4O[C@H](CO)[C@H](O)[C@H](O)[C@H]4O)[C@H](O)[C@H]3O)cc(c1OCCC)C2. The van der Waals surface area contributed by atoms with Gasteiger partial charge in [-0.3, -0.25) is 0 Å². The minimum Gasteiger partial charge on any atom is -0.493 e. The molecule has 18 N–H and O–H groups in total. The van der Waals surface area contributed by atoms with E-state index in [-0.39, 0.29) is 35.9 Å². The predicted molar refractivity (Wildman–Crippen MR) is 352 cm³/mol. The Morgan fingerprint density at radius 2 is 0.677 bits per heavy atom. The fourth-order valence-electron chi connectivity index (χ4n) is 12.4. The van der Waals surface area contributed by atoms with Gasteiger partial charge < -0.3 is 140 Å². The van der Waals surface area contributed by atoms with E-state index in [4.69, 9.17) is 71.8 Å². The van der Waals surface area contributed by atoms with E-state index in [0.29, 0.717) is 86.5 Å². The average Bonchev–Trinajstić information content (AvgIpc) is 0.832. The third-order valence-corrected chi connectivity index (χ3v) is 17.7. The summed E-state index contributed by atoms with van der Waals surface area (Å²) >= 11 is 11.8. The summed E-state index contributed by atoms with van der Waals surface area (Å²) in [6.07, 6.45) is -28.8. The van der Waals surface area contributed by atoms with Gasteiger partial charge in [-0.25, -0.2) is 0 Å². The predicted octanol–water partition coefficient (Wildman–Crippen LogP) is -0.661. The molecule has 30 heteroatoms. The summed E-state index contributed by atoms with van der Waals surface area (Å²) in [5, 5.41) is 162. The summed E-state index contributed by atoms with van der Waals surface area (Å²) in [6, 6.07) is 19.4. The smallest absolute Gasteiger partial charge is 0.187 e. The number of fused-ring (bicyclic) bond motifs is 8. The van der Waals surface area contributed by atoms with Crippen molar-refractivity contribution in [3.8, 4) is 23.0 Å². The van der Waals surface area contributed by atoms with Gasteiger partial charge >= 0.3 is 0 Å². The maximum atomic E-state index is 11.5. The van der Waals surface area contributed by atoms with Crippen molar-refractivity contribution in [3.05, 3.63) is 105 Å². The van der Waals surface area contributed by atoms with Gasteiger partial charge in [-0.1, -0.05) is 64.1 Å². The number of hydrogen-bond donors (Lipinski definition) is 18. The molecule has 5 aliphatic rings. The van der Waals surface area contributed by atoms with Gasteiger partial charge in [0, 0.05) is 59.3 Å². The summed E-state index contributed by atoms with van der Waals surface area (Å²) in [4.78, 5) is 0. The van der Waals surface area contributed by atoms with E-state index in [9.17, 15) is 71.5 Å². The number of rotatable bonds is 24. The summed E-state index contributed by atoms with van der Waals surface area (Å²) in [5.74, 6) is 2.47. The maximum absolute atomic E-state index is 11.5. The number of hydrogen-bond acceptors (Lipinski definition) is 26. The first-order chi connectivity index (χ1) is 46.2. The number of ether oxygens (including phenoxy) is 10. The number of anilines is 2. The second-order valence-corrected chi connectivity index (χ2v) is 25.3. The van der Waals surface area contributed by atoms with E-state index in [2.05, 4.69) is 21.3 Å². The van der Waals surface area contributed by atoms with Crippen LogP contribution in [0.5, 0.6) is 23.0 Å². The minimum atomic E-state index is -1.84. The van der Waals surface area contributed by atoms with E-state index in [0.717, 1.165) is 44.5 Å². The van der Waals surface area contributed by atoms with Gasteiger partial charge in [-0.2, -0.15) is 0 Å². The van der Waals surface area contributed by atoms with Crippen LogP contribution < -0.4 is 40.2 Å². The minimum absolute atomic E-state index is 0.0570. The topological polar surface area (TPSA) is 424 Å². The second-order valence-electron chi connectivity index (χ2n) is 24.5. The summed E-state index contributed by atoms with van der Waals surface area (Å²) in [7, 11) is 0. The van der Waals surface area contributed by atoms with Crippen LogP contribution >= 0.6 is 24.4 Å². The molecule has 4 aliphatic heterocycles. The maximum Gasteiger partial charge on any atom is 0.187 e. The zero-order chi connectivity index (χ0) is 69.1. The van der Waals surface area contributed by atoms with Crippen LogP contribution in [0.2, 0.25) is 0 Å². The van der Waals surface area contributed by atoms with E-state index >= 15 is 0 Å². The molecule has 4 aromatic rings. The zero-order valence-corrected chi connectivity index (χ0v) is 55.4. The van der Waals surface area contributed by atoms with Crippen molar-refractivity contribution in [1.82, 2.24) is 10.6 Å².